The second kappa shape index (κ2) is 2.81. The molecule has 1 atom stereocenters. The van der Waals surface area contributed by atoms with Crippen molar-refractivity contribution in [3.63, 3.8) is 0 Å². The van der Waals surface area contributed by atoms with Crippen LogP contribution in [-0.2, 0) is 4.79 Å². The van der Waals surface area contributed by atoms with Gasteiger partial charge >= 0.3 is 0 Å². The third kappa shape index (κ3) is 1.15. The average Bonchev–Trinajstić information content (AvgIpc) is 2.18. The first-order chi connectivity index (χ1) is 6.13. The van der Waals surface area contributed by atoms with Crippen molar-refractivity contribution in [2.45, 2.75) is 45.4 Å². The number of hydrogen-bond acceptors (Lipinski definition) is 2. The zero-order valence-corrected chi connectivity index (χ0v) is 8.31. The Morgan fingerprint density at radius 1 is 1.31 bits per heavy atom. The quantitative estimate of drug-likeness (QED) is 0.672. The van der Waals surface area contributed by atoms with Gasteiger partial charge in [0.25, 0.3) is 0 Å². The van der Waals surface area contributed by atoms with Gasteiger partial charge in [-0.25, -0.2) is 0 Å². The van der Waals surface area contributed by atoms with Crippen LogP contribution in [0.25, 0.3) is 0 Å². The van der Waals surface area contributed by atoms with Crippen molar-refractivity contribution >= 4 is 5.78 Å². The lowest BCUT2D eigenvalue weighted by molar-refractivity contribution is -0.165. The molecule has 0 aromatic carbocycles. The van der Waals surface area contributed by atoms with Crippen LogP contribution in [0, 0.1) is 10.8 Å². The molecule has 2 saturated carbocycles. The number of carbonyl (C=O) groups excluding carboxylic acids is 1. The van der Waals surface area contributed by atoms with Gasteiger partial charge in [-0.15, -0.1) is 0 Å². The Bertz CT molecular complexity index is 228. The highest BCUT2D eigenvalue weighted by Gasteiger charge is 2.59. The first kappa shape index (κ1) is 9.20. The molecule has 13 heavy (non-hydrogen) atoms. The number of ketones is 1. The van der Waals surface area contributed by atoms with Crippen LogP contribution in [0.15, 0.2) is 0 Å². The van der Waals surface area contributed by atoms with E-state index in [1.54, 1.807) is 0 Å². The van der Waals surface area contributed by atoms with Crippen LogP contribution in [-0.4, -0.2) is 17.5 Å². The summed E-state index contributed by atoms with van der Waals surface area (Å²) in [5.41, 5.74) is -0.396. The van der Waals surface area contributed by atoms with Crippen LogP contribution in [0.4, 0.5) is 0 Å². The third-order valence-electron chi connectivity index (χ3n) is 3.92. The maximum atomic E-state index is 11.9. The summed E-state index contributed by atoms with van der Waals surface area (Å²) in [6.45, 7) is 1.93. The highest BCUT2D eigenvalue weighted by molar-refractivity contribution is 5.96. The zero-order chi connectivity index (χ0) is 9.53. The van der Waals surface area contributed by atoms with E-state index >= 15 is 0 Å². The van der Waals surface area contributed by atoms with Crippen molar-refractivity contribution in [2.75, 3.05) is 6.61 Å². The van der Waals surface area contributed by atoms with Crippen LogP contribution >= 0.6 is 0 Å². The smallest absolute Gasteiger partial charge is 0.147 e. The number of Topliss-reactive ketones (excluding diaryl/α,β-unsaturated/α-hetero) is 1. The van der Waals surface area contributed by atoms with E-state index in [0.29, 0.717) is 5.78 Å². The van der Waals surface area contributed by atoms with Crippen LogP contribution < -0.4 is 0 Å². The Labute approximate surface area is 79.3 Å². The Morgan fingerprint density at radius 3 is 2.38 bits per heavy atom. The van der Waals surface area contributed by atoms with Crippen molar-refractivity contribution in [1.82, 2.24) is 0 Å². The van der Waals surface area contributed by atoms with Crippen molar-refractivity contribution in [1.29, 1.82) is 0 Å². The topological polar surface area (TPSA) is 37.3 Å². The summed E-state index contributed by atoms with van der Waals surface area (Å²) < 4.78 is 0. The summed E-state index contributed by atoms with van der Waals surface area (Å²) in [6, 6.07) is 0. The summed E-state index contributed by atoms with van der Waals surface area (Å²) in [5.74, 6) is 0.335. The second-order valence-corrected chi connectivity index (χ2v) is 5.07. The highest BCUT2D eigenvalue weighted by atomic mass is 16.3. The summed E-state index contributed by atoms with van der Waals surface area (Å²) in [6.07, 6.45) is 6.75. The molecule has 2 fully saturated rings. The van der Waals surface area contributed by atoms with Crippen molar-refractivity contribution in [3.05, 3.63) is 0 Å². The molecule has 0 radical (unpaired) electrons. The van der Waals surface area contributed by atoms with Gasteiger partial charge in [0.05, 0.1) is 12.0 Å². The van der Waals surface area contributed by atoms with Crippen LogP contribution in [0.3, 0.4) is 0 Å². The molecule has 0 aromatic rings. The molecular formula is C11H18O2. The number of aliphatic hydroxyl groups is 1. The molecule has 2 nitrogen and oxygen atoms in total. The summed E-state index contributed by atoms with van der Waals surface area (Å²) in [5, 5.41) is 9.11. The van der Waals surface area contributed by atoms with Gasteiger partial charge in [-0.05, 0) is 19.3 Å². The molecule has 0 aliphatic heterocycles. The van der Waals surface area contributed by atoms with Crippen LogP contribution in [0.2, 0.25) is 0 Å². The van der Waals surface area contributed by atoms with Gasteiger partial charge in [0, 0.05) is 5.41 Å². The lowest BCUT2D eigenvalue weighted by Crippen LogP contribution is -2.58. The average molecular weight is 182 g/mol. The van der Waals surface area contributed by atoms with Gasteiger partial charge in [0.15, 0.2) is 0 Å². The van der Waals surface area contributed by atoms with Gasteiger partial charge in [-0.1, -0.05) is 26.2 Å². The largest absolute Gasteiger partial charge is 0.395 e. The molecule has 0 aromatic heterocycles. The second-order valence-electron chi connectivity index (χ2n) is 5.07. The SMILES string of the molecule is CC1(CO)CC2(CCCCC2)C1=O. The molecule has 74 valence electrons. The van der Waals surface area contributed by atoms with Gasteiger partial charge in [-0.3, -0.25) is 4.79 Å². The van der Waals surface area contributed by atoms with Gasteiger partial charge < -0.3 is 5.11 Å². The normalized spacial score (nSPS) is 37.5. The Kier molecular flexibility index (Phi) is 1.99. The molecule has 0 saturated heterocycles. The standard InChI is InChI=1S/C11H18O2/c1-10(8-12)7-11(9(10)13)5-3-2-4-6-11/h12H,2-8H2,1H3. The predicted molar refractivity (Wildman–Crippen MR) is 50.3 cm³/mol. The molecule has 1 unspecified atom stereocenters. The summed E-state index contributed by atoms with van der Waals surface area (Å²) in [4.78, 5) is 11.9. The predicted octanol–water partition coefficient (Wildman–Crippen LogP) is 1.91. The van der Waals surface area contributed by atoms with E-state index in [1.165, 1.54) is 19.3 Å². The van der Waals surface area contributed by atoms with E-state index in [4.69, 9.17) is 5.11 Å². The molecule has 0 bridgehead atoms. The van der Waals surface area contributed by atoms with Crippen molar-refractivity contribution < 1.29 is 9.90 Å². The number of hydrogen-bond donors (Lipinski definition) is 1. The molecule has 0 heterocycles. The Morgan fingerprint density at radius 2 is 1.92 bits per heavy atom. The minimum Gasteiger partial charge on any atom is -0.395 e. The lowest BCUT2D eigenvalue weighted by atomic mass is 9.48. The summed E-state index contributed by atoms with van der Waals surface area (Å²) >= 11 is 0. The zero-order valence-electron chi connectivity index (χ0n) is 8.31. The third-order valence-corrected chi connectivity index (χ3v) is 3.92. The first-order valence-corrected chi connectivity index (χ1v) is 5.29. The van der Waals surface area contributed by atoms with Crippen molar-refractivity contribution in [3.8, 4) is 0 Å². The maximum absolute atomic E-state index is 11.9. The maximum Gasteiger partial charge on any atom is 0.147 e. The fourth-order valence-corrected chi connectivity index (χ4v) is 3.20. The molecular weight excluding hydrogens is 164 g/mol. The van der Waals surface area contributed by atoms with E-state index in [1.807, 2.05) is 6.92 Å². The Balaban J connectivity index is 2.09. The molecule has 0 amide bonds. The minimum atomic E-state index is -0.392. The van der Waals surface area contributed by atoms with E-state index in [2.05, 4.69) is 0 Å². The number of carbonyl (C=O) groups is 1. The molecule has 2 rings (SSSR count). The van der Waals surface area contributed by atoms with E-state index < -0.39 is 5.41 Å². The van der Waals surface area contributed by atoms with Crippen molar-refractivity contribution in [2.24, 2.45) is 10.8 Å². The molecule has 2 aliphatic carbocycles. The molecule has 1 N–H and O–H groups in total. The van der Waals surface area contributed by atoms with Gasteiger partial charge in [0.1, 0.15) is 5.78 Å². The fourth-order valence-electron chi connectivity index (χ4n) is 3.20. The lowest BCUT2D eigenvalue weighted by Gasteiger charge is -2.54. The number of rotatable bonds is 1. The van der Waals surface area contributed by atoms with E-state index in [0.717, 1.165) is 19.3 Å². The van der Waals surface area contributed by atoms with Crippen LogP contribution in [0.1, 0.15) is 45.4 Å². The molecule has 2 heteroatoms. The van der Waals surface area contributed by atoms with Gasteiger partial charge in [-0.2, -0.15) is 0 Å². The highest BCUT2D eigenvalue weighted by Crippen LogP contribution is 2.57. The fraction of sp³-hybridized carbons (Fsp3) is 0.909. The van der Waals surface area contributed by atoms with Gasteiger partial charge in [0.2, 0.25) is 0 Å². The molecule has 2 aliphatic rings. The Hall–Kier alpha value is -0.370. The van der Waals surface area contributed by atoms with E-state index in [-0.39, 0.29) is 12.0 Å². The van der Waals surface area contributed by atoms with E-state index in [9.17, 15) is 4.79 Å². The summed E-state index contributed by atoms with van der Waals surface area (Å²) in [7, 11) is 0. The molecule has 1 spiro atoms. The first-order valence-electron chi connectivity index (χ1n) is 5.29. The monoisotopic (exact) mass is 182 g/mol. The minimum absolute atomic E-state index is 0.00424. The number of aliphatic hydroxyl groups excluding tert-OH is 1. The van der Waals surface area contributed by atoms with Crippen LogP contribution in [0.5, 0.6) is 0 Å².